The maximum absolute atomic E-state index is 12.9. The van der Waals surface area contributed by atoms with Gasteiger partial charge >= 0.3 is 0 Å². The van der Waals surface area contributed by atoms with Crippen LogP contribution in [0.2, 0.25) is 0 Å². The Balaban J connectivity index is 1.25. The SMILES string of the molecule is Cc1c(-c2ccc(NC(=O)c3cccc(CN4CCS(=O)CC4)c3)cc2)nn(C)c1C1CC1. The van der Waals surface area contributed by atoms with Crippen LogP contribution in [0.25, 0.3) is 11.3 Å². The molecule has 172 valence electrons. The molecule has 5 rings (SSSR count). The third kappa shape index (κ3) is 4.94. The molecule has 1 aliphatic carbocycles. The Morgan fingerprint density at radius 1 is 1.12 bits per heavy atom. The molecule has 0 unspecified atom stereocenters. The number of carbonyl (C=O) groups excluding carboxylic acids is 1. The van der Waals surface area contributed by atoms with E-state index in [2.05, 4.69) is 17.1 Å². The Morgan fingerprint density at radius 3 is 2.55 bits per heavy atom. The summed E-state index contributed by atoms with van der Waals surface area (Å²) < 4.78 is 13.6. The van der Waals surface area contributed by atoms with Crippen LogP contribution in [0.4, 0.5) is 5.69 Å². The lowest BCUT2D eigenvalue weighted by Gasteiger charge is -2.26. The Bertz CT molecular complexity index is 1190. The van der Waals surface area contributed by atoms with Crippen molar-refractivity contribution in [1.82, 2.24) is 14.7 Å². The smallest absolute Gasteiger partial charge is 0.255 e. The second kappa shape index (κ2) is 9.23. The normalized spacial score (nSPS) is 17.3. The van der Waals surface area contributed by atoms with E-state index in [1.54, 1.807) is 0 Å². The predicted octanol–water partition coefficient (Wildman–Crippen LogP) is 4.09. The highest BCUT2D eigenvalue weighted by atomic mass is 32.2. The molecule has 0 atom stereocenters. The van der Waals surface area contributed by atoms with E-state index in [-0.39, 0.29) is 5.91 Å². The molecule has 0 spiro atoms. The summed E-state index contributed by atoms with van der Waals surface area (Å²) in [6.45, 7) is 4.61. The molecule has 1 saturated carbocycles. The summed E-state index contributed by atoms with van der Waals surface area (Å²) in [5, 5.41) is 7.76. The number of nitrogens with one attached hydrogen (secondary N) is 1. The van der Waals surface area contributed by atoms with Crippen LogP contribution in [0.3, 0.4) is 0 Å². The van der Waals surface area contributed by atoms with E-state index in [0.29, 0.717) is 11.5 Å². The molecule has 2 aliphatic rings. The molecule has 1 saturated heterocycles. The van der Waals surface area contributed by atoms with Gasteiger partial charge in [0.05, 0.1) is 5.69 Å². The first-order valence-electron chi connectivity index (χ1n) is 11.6. The molecule has 2 heterocycles. The lowest BCUT2D eigenvalue weighted by Crippen LogP contribution is -2.37. The fraction of sp³-hybridized carbons (Fsp3) is 0.385. The van der Waals surface area contributed by atoms with Crippen LogP contribution in [0.1, 0.15) is 45.9 Å². The highest BCUT2D eigenvalue weighted by Gasteiger charge is 2.30. The zero-order valence-electron chi connectivity index (χ0n) is 19.2. The summed E-state index contributed by atoms with van der Waals surface area (Å²) in [5.74, 6) is 2.01. The molecule has 2 aromatic carbocycles. The van der Waals surface area contributed by atoms with Gasteiger partial charge in [0.2, 0.25) is 0 Å². The maximum atomic E-state index is 12.9. The summed E-state index contributed by atoms with van der Waals surface area (Å²) >= 11 is 0. The van der Waals surface area contributed by atoms with Crippen molar-refractivity contribution < 1.29 is 9.00 Å². The molecule has 1 N–H and O–H groups in total. The fourth-order valence-corrected chi connectivity index (χ4v) is 5.79. The van der Waals surface area contributed by atoms with Gasteiger partial charge < -0.3 is 5.32 Å². The molecule has 0 bridgehead atoms. The van der Waals surface area contributed by atoms with Crippen molar-refractivity contribution >= 4 is 22.4 Å². The second-order valence-electron chi connectivity index (χ2n) is 9.11. The number of amides is 1. The molecular weight excluding hydrogens is 432 g/mol. The van der Waals surface area contributed by atoms with Crippen molar-refractivity contribution in [2.45, 2.75) is 32.2 Å². The Hall–Kier alpha value is -2.77. The van der Waals surface area contributed by atoms with Crippen LogP contribution in [0.15, 0.2) is 48.5 Å². The van der Waals surface area contributed by atoms with E-state index in [0.717, 1.165) is 53.6 Å². The molecule has 7 heteroatoms. The average molecular weight is 463 g/mol. The van der Waals surface area contributed by atoms with Gasteiger partial charge in [-0.3, -0.25) is 18.6 Å². The monoisotopic (exact) mass is 462 g/mol. The Kier molecular flexibility index (Phi) is 6.17. The molecule has 1 aliphatic heterocycles. The van der Waals surface area contributed by atoms with E-state index < -0.39 is 10.8 Å². The first kappa shape index (κ1) is 22.0. The summed E-state index contributed by atoms with van der Waals surface area (Å²) in [7, 11) is 1.35. The highest BCUT2D eigenvalue weighted by Crippen LogP contribution is 2.43. The molecular formula is C26H30N4O2S. The van der Waals surface area contributed by atoms with Gasteiger partial charge in [0, 0.05) is 77.4 Å². The van der Waals surface area contributed by atoms with Crippen molar-refractivity contribution in [3.63, 3.8) is 0 Å². The fourth-order valence-electron chi connectivity index (χ4n) is 4.66. The van der Waals surface area contributed by atoms with Crippen molar-refractivity contribution in [3.8, 4) is 11.3 Å². The topological polar surface area (TPSA) is 67.2 Å². The second-order valence-corrected chi connectivity index (χ2v) is 10.8. The summed E-state index contributed by atoms with van der Waals surface area (Å²) in [6, 6.07) is 15.7. The van der Waals surface area contributed by atoms with Crippen LogP contribution in [0.5, 0.6) is 0 Å². The molecule has 2 fully saturated rings. The maximum Gasteiger partial charge on any atom is 0.255 e. The quantitative estimate of drug-likeness (QED) is 0.599. The summed E-state index contributed by atoms with van der Waals surface area (Å²) in [5.41, 5.74) is 7.20. The molecule has 3 aromatic rings. The number of hydrogen-bond acceptors (Lipinski definition) is 4. The lowest BCUT2D eigenvalue weighted by atomic mass is 10.0. The molecule has 33 heavy (non-hydrogen) atoms. The minimum atomic E-state index is -0.679. The zero-order valence-corrected chi connectivity index (χ0v) is 20.0. The zero-order chi connectivity index (χ0) is 22.9. The van der Waals surface area contributed by atoms with Crippen molar-refractivity contribution in [1.29, 1.82) is 0 Å². The van der Waals surface area contributed by atoms with Crippen LogP contribution >= 0.6 is 0 Å². The van der Waals surface area contributed by atoms with Gasteiger partial charge in [-0.05, 0) is 55.2 Å². The Labute approximate surface area is 197 Å². The lowest BCUT2D eigenvalue weighted by molar-refractivity contribution is 0.102. The van der Waals surface area contributed by atoms with E-state index in [1.165, 1.54) is 24.1 Å². The van der Waals surface area contributed by atoms with Gasteiger partial charge in [0.15, 0.2) is 0 Å². The average Bonchev–Trinajstić information content (AvgIpc) is 3.60. The number of aromatic nitrogens is 2. The van der Waals surface area contributed by atoms with Gasteiger partial charge in [-0.15, -0.1) is 0 Å². The number of anilines is 1. The number of benzene rings is 2. The van der Waals surface area contributed by atoms with Gasteiger partial charge in [-0.1, -0.05) is 24.3 Å². The summed E-state index contributed by atoms with van der Waals surface area (Å²) in [4.78, 5) is 15.2. The van der Waals surface area contributed by atoms with Crippen LogP contribution in [-0.4, -0.2) is 49.4 Å². The number of aryl methyl sites for hydroxylation is 1. The van der Waals surface area contributed by atoms with E-state index in [9.17, 15) is 9.00 Å². The van der Waals surface area contributed by atoms with Gasteiger partial charge in [-0.2, -0.15) is 5.10 Å². The number of rotatable bonds is 6. The number of carbonyl (C=O) groups is 1. The van der Waals surface area contributed by atoms with Gasteiger partial charge in [0.25, 0.3) is 5.91 Å². The van der Waals surface area contributed by atoms with Crippen molar-refractivity contribution in [2.75, 3.05) is 29.9 Å². The molecule has 0 radical (unpaired) electrons. The third-order valence-electron chi connectivity index (χ3n) is 6.58. The predicted molar refractivity (Wildman–Crippen MR) is 133 cm³/mol. The van der Waals surface area contributed by atoms with Crippen molar-refractivity contribution in [2.24, 2.45) is 7.05 Å². The summed E-state index contributed by atoms with van der Waals surface area (Å²) in [6.07, 6.45) is 2.51. The van der Waals surface area contributed by atoms with E-state index in [1.807, 2.05) is 60.3 Å². The van der Waals surface area contributed by atoms with Crippen LogP contribution < -0.4 is 5.32 Å². The van der Waals surface area contributed by atoms with Gasteiger partial charge in [0.1, 0.15) is 0 Å². The number of nitrogens with zero attached hydrogens (tertiary/aromatic N) is 3. The van der Waals surface area contributed by atoms with E-state index in [4.69, 9.17) is 5.10 Å². The molecule has 6 nitrogen and oxygen atoms in total. The van der Waals surface area contributed by atoms with Crippen molar-refractivity contribution in [3.05, 3.63) is 70.9 Å². The first-order valence-corrected chi connectivity index (χ1v) is 13.1. The van der Waals surface area contributed by atoms with Gasteiger partial charge in [-0.25, -0.2) is 0 Å². The largest absolute Gasteiger partial charge is 0.322 e. The first-order chi connectivity index (χ1) is 16.0. The molecule has 1 amide bonds. The minimum absolute atomic E-state index is 0.116. The minimum Gasteiger partial charge on any atom is -0.322 e. The number of hydrogen-bond donors (Lipinski definition) is 1. The standard InChI is InChI=1S/C26H30N4O2S/c1-18-24(28-29(2)25(18)21-6-7-21)20-8-10-23(11-9-20)27-26(31)22-5-3-4-19(16-22)17-30-12-14-33(32)15-13-30/h3-5,8-11,16,21H,6-7,12-15,17H2,1-2H3,(H,27,31). The van der Waals surface area contributed by atoms with E-state index >= 15 is 0 Å². The molecule has 1 aromatic heterocycles. The Morgan fingerprint density at radius 2 is 1.85 bits per heavy atom. The third-order valence-corrected chi connectivity index (χ3v) is 7.86. The highest BCUT2D eigenvalue weighted by molar-refractivity contribution is 7.85. The van der Waals surface area contributed by atoms with Crippen LogP contribution in [0, 0.1) is 6.92 Å². The van der Waals surface area contributed by atoms with Crippen LogP contribution in [-0.2, 0) is 24.4 Å².